The molecule has 0 unspecified atom stereocenters. The van der Waals surface area contributed by atoms with Crippen LogP contribution in [-0.4, -0.2) is 9.61 Å². The van der Waals surface area contributed by atoms with E-state index < -0.39 is 0 Å². The molecule has 9 aromatic rings. The van der Waals surface area contributed by atoms with Crippen molar-refractivity contribution >= 4 is 44.1 Å². The van der Waals surface area contributed by atoms with Crippen molar-refractivity contribution in [2.75, 3.05) is 4.90 Å². The van der Waals surface area contributed by atoms with Gasteiger partial charge in [-0.3, -0.25) is 0 Å². The molecule has 48 heavy (non-hydrogen) atoms. The SMILES string of the molecule is c1ccc(-c2nn3c(-c4ccccc4)c(N(c4ccccc4)c4cccc5ccccc45)c4ccccc4c3c2-c2ccccc2)cc1. The number of rotatable bonds is 6. The summed E-state index contributed by atoms with van der Waals surface area (Å²) in [6, 6.07) is 66.7. The minimum atomic E-state index is 0.956. The Labute approximate surface area is 279 Å². The lowest BCUT2D eigenvalue weighted by molar-refractivity contribution is 0.976. The molecule has 3 heteroatoms. The van der Waals surface area contributed by atoms with Crippen LogP contribution >= 0.6 is 0 Å². The van der Waals surface area contributed by atoms with Gasteiger partial charge in [-0.15, -0.1) is 0 Å². The molecule has 2 heterocycles. The van der Waals surface area contributed by atoms with Crippen LogP contribution in [0.1, 0.15) is 0 Å². The number of benzene rings is 7. The molecule has 0 atom stereocenters. The Morgan fingerprint density at radius 1 is 0.417 bits per heavy atom. The average molecular weight is 614 g/mol. The van der Waals surface area contributed by atoms with Crippen LogP contribution < -0.4 is 4.90 Å². The van der Waals surface area contributed by atoms with Gasteiger partial charge in [-0.25, -0.2) is 4.52 Å². The maximum atomic E-state index is 5.57. The van der Waals surface area contributed by atoms with Gasteiger partial charge in [0.05, 0.1) is 22.6 Å². The highest BCUT2D eigenvalue weighted by Crippen LogP contribution is 2.50. The molecule has 3 nitrogen and oxygen atoms in total. The summed E-state index contributed by atoms with van der Waals surface area (Å²) in [5.74, 6) is 0. The topological polar surface area (TPSA) is 20.5 Å². The monoisotopic (exact) mass is 613 g/mol. The second-order valence-corrected chi connectivity index (χ2v) is 12.0. The van der Waals surface area contributed by atoms with Crippen molar-refractivity contribution in [2.45, 2.75) is 0 Å². The Balaban J connectivity index is 1.52. The van der Waals surface area contributed by atoms with Gasteiger partial charge in [0.2, 0.25) is 0 Å². The van der Waals surface area contributed by atoms with Gasteiger partial charge in [-0.1, -0.05) is 170 Å². The molecule has 0 saturated heterocycles. The zero-order chi connectivity index (χ0) is 31.9. The summed E-state index contributed by atoms with van der Waals surface area (Å²) in [5, 5.41) is 10.2. The van der Waals surface area contributed by atoms with E-state index in [0.717, 1.165) is 67.0 Å². The molecule has 9 rings (SSSR count). The minimum Gasteiger partial charge on any atom is -0.307 e. The highest BCUT2D eigenvalue weighted by atomic mass is 15.3. The van der Waals surface area contributed by atoms with Crippen molar-refractivity contribution < 1.29 is 0 Å². The third-order valence-electron chi connectivity index (χ3n) is 9.16. The Morgan fingerprint density at radius 3 is 1.62 bits per heavy atom. The standard InChI is InChI=1S/C45H31N3/c1-5-19-33(20-6-1)41-42(34-21-7-2-8-22-34)46-48-43(35-23-9-3-10-24-35)45(39-30-16-15-29-38(39)44(41)48)47(36-26-11-4-12-27-36)40-31-17-25-32-18-13-14-28-37(32)40/h1-31H. The molecule has 0 N–H and O–H groups in total. The minimum absolute atomic E-state index is 0.956. The summed E-state index contributed by atoms with van der Waals surface area (Å²) in [5.41, 5.74) is 10.8. The Bertz CT molecular complexity index is 2530. The lowest BCUT2D eigenvalue weighted by Crippen LogP contribution is -2.14. The molecular weight excluding hydrogens is 583 g/mol. The maximum absolute atomic E-state index is 5.57. The van der Waals surface area contributed by atoms with Gasteiger partial charge in [0.1, 0.15) is 5.69 Å². The first-order chi connectivity index (χ1) is 23.9. The maximum Gasteiger partial charge on any atom is 0.101 e. The number of hydrogen-bond acceptors (Lipinski definition) is 2. The van der Waals surface area contributed by atoms with Crippen LogP contribution in [0.15, 0.2) is 188 Å². The zero-order valence-electron chi connectivity index (χ0n) is 26.2. The molecule has 226 valence electrons. The Hall–Kier alpha value is -6.45. The predicted molar refractivity (Wildman–Crippen MR) is 201 cm³/mol. The van der Waals surface area contributed by atoms with Crippen molar-refractivity contribution in [3.05, 3.63) is 188 Å². The molecule has 0 bridgehead atoms. The molecule has 0 radical (unpaired) electrons. The lowest BCUT2D eigenvalue weighted by Gasteiger charge is -2.30. The number of nitrogens with zero attached hydrogens (tertiary/aromatic N) is 3. The zero-order valence-corrected chi connectivity index (χ0v) is 26.2. The van der Waals surface area contributed by atoms with E-state index in [9.17, 15) is 0 Å². The highest BCUT2D eigenvalue weighted by molar-refractivity contribution is 6.16. The van der Waals surface area contributed by atoms with Crippen molar-refractivity contribution in [1.82, 2.24) is 9.61 Å². The van der Waals surface area contributed by atoms with Crippen molar-refractivity contribution in [1.29, 1.82) is 0 Å². The molecule has 2 aromatic heterocycles. The average Bonchev–Trinajstić information content (AvgIpc) is 3.57. The number of pyridine rings is 1. The number of hydrogen-bond donors (Lipinski definition) is 0. The highest BCUT2D eigenvalue weighted by Gasteiger charge is 2.28. The van der Waals surface area contributed by atoms with E-state index >= 15 is 0 Å². The summed E-state index contributed by atoms with van der Waals surface area (Å²) in [6.07, 6.45) is 0. The molecule has 0 aliphatic heterocycles. The third-order valence-corrected chi connectivity index (χ3v) is 9.16. The lowest BCUT2D eigenvalue weighted by atomic mass is 9.95. The van der Waals surface area contributed by atoms with Gasteiger partial charge in [0.25, 0.3) is 0 Å². The summed E-state index contributed by atoms with van der Waals surface area (Å²) >= 11 is 0. The molecular formula is C45H31N3. The fraction of sp³-hybridized carbons (Fsp3) is 0. The summed E-state index contributed by atoms with van der Waals surface area (Å²) < 4.78 is 2.21. The summed E-state index contributed by atoms with van der Waals surface area (Å²) in [7, 11) is 0. The van der Waals surface area contributed by atoms with E-state index in [1.807, 2.05) is 0 Å². The second-order valence-electron chi connectivity index (χ2n) is 12.0. The van der Waals surface area contributed by atoms with Crippen LogP contribution in [0.25, 0.3) is 60.7 Å². The Kier molecular flexibility index (Phi) is 6.80. The quantitative estimate of drug-likeness (QED) is 0.186. The molecule has 0 fully saturated rings. The normalized spacial score (nSPS) is 11.3. The van der Waals surface area contributed by atoms with Crippen molar-refractivity contribution in [2.24, 2.45) is 0 Å². The van der Waals surface area contributed by atoms with Crippen LogP contribution in [0, 0.1) is 0 Å². The van der Waals surface area contributed by atoms with Gasteiger partial charge in [0.15, 0.2) is 0 Å². The van der Waals surface area contributed by atoms with Crippen molar-refractivity contribution in [3.8, 4) is 33.6 Å². The number of fused-ring (bicyclic) bond motifs is 4. The first-order valence-corrected chi connectivity index (χ1v) is 16.3. The van der Waals surface area contributed by atoms with Crippen LogP contribution in [0.3, 0.4) is 0 Å². The molecule has 7 aromatic carbocycles. The van der Waals surface area contributed by atoms with Crippen LogP contribution in [0.2, 0.25) is 0 Å². The second kappa shape index (κ2) is 11.7. The first kappa shape index (κ1) is 27.8. The Morgan fingerprint density at radius 2 is 0.938 bits per heavy atom. The largest absolute Gasteiger partial charge is 0.307 e. The molecule has 0 spiro atoms. The van der Waals surface area contributed by atoms with E-state index in [0.29, 0.717) is 0 Å². The van der Waals surface area contributed by atoms with E-state index in [1.165, 1.54) is 10.8 Å². The van der Waals surface area contributed by atoms with Gasteiger partial charge in [-0.2, -0.15) is 5.10 Å². The summed E-state index contributed by atoms with van der Waals surface area (Å²) in [6.45, 7) is 0. The molecule has 0 aliphatic carbocycles. The fourth-order valence-corrected chi connectivity index (χ4v) is 7.08. The van der Waals surface area contributed by atoms with Gasteiger partial charge < -0.3 is 4.90 Å². The van der Waals surface area contributed by atoms with E-state index in [4.69, 9.17) is 5.10 Å². The van der Waals surface area contributed by atoms with Gasteiger partial charge in [-0.05, 0) is 29.1 Å². The van der Waals surface area contributed by atoms with Gasteiger partial charge in [0, 0.05) is 38.5 Å². The van der Waals surface area contributed by atoms with E-state index in [-0.39, 0.29) is 0 Å². The fourth-order valence-electron chi connectivity index (χ4n) is 7.08. The van der Waals surface area contributed by atoms with Crippen LogP contribution in [-0.2, 0) is 0 Å². The van der Waals surface area contributed by atoms with Crippen molar-refractivity contribution in [3.63, 3.8) is 0 Å². The predicted octanol–water partition coefficient (Wildman–Crippen LogP) is 12.1. The number of aromatic nitrogens is 2. The van der Waals surface area contributed by atoms with E-state index in [2.05, 4.69) is 197 Å². The number of anilines is 3. The first-order valence-electron chi connectivity index (χ1n) is 16.3. The molecule has 0 amide bonds. The van der Waals surface area contributed by atoms with Gasteiger partial charge >= 0.3 is 0 Å². The van der Waals surface area contributed by atoms with Crippen LogP contribution in [0.4, 0.5) is 17.1 Å². The summed E-state index contributed by atoms with van der Waals surface area (Å²) in [4.78, 5) is 2.43. The van der Waals surface area contributed by atoms with E-state index in [1.54, 1.807) is 0 Å². The third kappa shape index (κ3) is 4.56. The molecule has 0 saturated carbocycles. The molecule has 0 aliphatic rings. The van der Waals surface area contributed by atoms with Crippen LogP contribution in [0.5, 0.6) is 0 Å². The smallest absolute Gasteiger partial charge is 0.101 e. The number of para-hydroxylation sites is 1.